The van der Waals surface area contributed by atoms with Gasteiger partial charge in [-0.25, -0.2) is 0 Å². The van der Waals surface area contributed by atoms with E-state index in [4.69, 9.17) is 5.73 Å². The van der Waals surface area contributed by atoms with Crippen molar-refractivity contribution >= 4 is 11.6 Å². The van der Waals surface area contributed by atoms with Gasteiger partial charge in [-0.3, -0.25) is 4.79 Å². The molecule has 0 spiro atoms. The molecule has 1 fully saturated rings. The van der Waals surface area contributed by atoms with Crippen LogP contribution in [-0.4, -0.2) is 41.6 Å². The van der Waals surface area contributed by atoms with E-state index in [1.807, 2.05) is 7.05 Å². The molecule has 1 saturated heterocycles. The normalized spacial score (nSPS) is 17.3. The summed E-state index contributed by atoms with van der Waals surface area (Å²) in [6.07, 6.45) is 5.35. The quantitative estimate of drug-likeness (QED) is 0.802. The number of nitrogens with two attached hydrogens (primary N) is 1. The Morgan fingerprint density at radius 3 is 2.75 bits per heavy atom. The molecule has 0 unspecified atom stereocenters. The maximum atomic E-state index is 12.0. The third-order valence-corrected chi connectivity index (χ3v) is 4.07. The average Bonchev–Trinajstić information content (AvgIpc) is 2.75. The first kappa shape index (κ1) is 14.9. The number of anilines is 1. The number of aromatic nitrogens is 1. The van der Waals surface area contributed by atoms with Crippen LogP contribution < -0.4 is 11.1 Å². The summed E-state index contributed by atoms with van der Waals surface area (Å²) < 4.78 is 1.76. The van der Waals surface area contributed by atoms with E-state index in [0.717, 1.165) is 25.4 Å². The van der Waals surface area contributed by atoms with Gasteiger partial charge in [0.2, 0.25) is 0 Å². The number of nitrogen functional groups attached to an aromatic ring is 1. The van der Waals surface area contributed by atoms with Crippen molar-refractivity contribution in [2.75, 3.05) is 31.9 Å². The van der Waals surface area contributed by atoms with Gasteiger partial charge in [-0.1, -0.05) is 6.92 Å². The first-order valence-electron chi connectivity index (χ1n) is 7.48. The topological polar surface area (TPSA) is 63.3 Å². The lowest BCUT2D eigenvalue weighted by atomic mass is 9.99. The number of nitrogens with zero attached hydrogens (tertiary/aromatic N) is 2. The molecule has 20 heavy (non-hydrogen) atoms. The molecule has 0 bridgehead atoms. The van der Waals surface area contributed by atoms with E-state index in [-0.39, 0.29) is 5.91 Å². The number of hydrogen-bond donors (Lipinski definition) is 2. The van der Waals surface area contributed by atoms with Gasteiger partial charge in [-0.05, 0) is 50.9 Å². The van der Waals surface area contributed by atoms with Gasteiger partial charge in [0, 0.05) is 19.8 Å². The molecule has 5 heteroatoms. The minimum absolute atomic E-state index is 0.0449. The van der Waals surface area contributed by atoms with Crippen LogP contribution in [0.25, 0.3) is 0 Å². The molecular formula is C15H26N4O. The summed E-state index contributed by atoms with van der Waals surface area (Å²) in [6.45, 7) is 6.51. The van der Waals surface area contributed by atoms with E-state index in [1.165, 1.54) is 25.9 Å². The van der Waals surface area contributed by atoms with E-state index < -0.39 is 0 Å². The van der Waals surface area contributed by atoms with E-state index in [2.05, 4.69) is 17.1 Å². The summed E-state index contributed by atoms with van der Waals surface area (Å²) in [7, 11) is 1.83. The van der Waals surface area contributed by atoms with Gasteiger partial charge in [0.1, 0.15) is 5.69 Å². The van der Waals surface area contributed by atoms with Gasteiger partial charge in [0.25, 0.3) is 5.91 Å². The summed E-state index contributed by atoms with van der Waals surface area (Å²) in [5.74, 6) is 0.824. The zero-order valence-electron chi connectivity index (χ0n) is 12.6. The van der Waals surface area contributed by atoms with Crippen molar-refractivity contribution in [3.05, 3.63) is 18.0 Å². The molecule has 1 aliphatic rings. The van der Waals surface area contributed by atoms with Crippen LogP contribution in [0.1, 0.15) is 36.7 Å². The van der Waals surface area contributed by atoms with Crippen LogP contribution in [0.2, 0.25) is 0 Å². The van der Waals surface area contributed by atoms with Crippen LogP contribution in [0, 0.1) is 5.92 Å². The largest absolute Gasteiger partial charge is 0.397 e. The molecule has 1 aromatic heterocycles. The molecule has 0 aliphatic carbocycles. The molecule has 5 nitrogen and oxygen atoms in total. The third kappa shape index (κ3) is 4.00. The Balaban J connectivity index is 1.66. The van der Waals surface area contributed by atoms with Crippen LogP contribution in [0.15, 0.2) is 12.3 Å². The summed E-state index contributed by atoms with van der Waals surface area (Å²) in [5.41, 5.74) is 6.92. The van der Waals surface area contributed by atoms with Crippen molar-refractivity contribution in [2.24, 2.45) is 13.0 Å². The highest BCUT2D eigenvalue weighted by Gasteiger charge is 2.15. The fraction of sp³-hybridized carbons (Fsp3) is 0.667. The van der Waals surface area contributed by atoms with Crippen molar-refractivity contribution in [2.45, 2.75) is 26.2 Å². The van der Waals surface area contributed by atoms with E-state index in [9.17, 15) is 4.79 Å². The predicted molar refractivity (Wildman–Crippen MR) is 81.6 cm³/mol. The fourth-order valence-corrected chi connectivity index (χ4v) is 2.70. The Bertz CT molecular complexity index is 447. The van der Waals surface area contributed by atoms with Crippen LogP contribution in [0.3, 0.4) is 0 Å². The number of likely N-dealkylation sites (tertiary alicyclic amines) is 1. The molecule has 0 radical (unpaired) electrons. The zero-order valence-corrected chi connectivity index (χ0v) is 12.6. The van der Waals surface area contributed by atoms with Gasteiger partial charge >= 0.3 is 0 Å². The van der Waals surface area contributed by atoms with Crippen molar-refractivity contribution in [1.82, 2.24) is 14.8 Å². The predicted octanol–water partition coefficient (Wildman–Crippen LogP) is 1.46. The molecule has 1 amide bonds. The molecular weight excluding hydrogens is 252 g/mol. The van der Waals surface area contributed by atoms with Crippen molar-refractivity contribution in [3.8, 4) is 0 Å². The van der Waals surface area contributed by atoms with E-state index in [0.29, 0.717) is 11.4 Å². The Hall–Kier alpha value is -1.49. The first-order chi connectivity index (χ1) is 9.56. The summed E-state index contributed by atoms with van der Waals surface area (Å²) >= 11 is 0. The molecule has 0 aromatic carbocycles. The number of rotatable bonds is 5. The number of nitrogens with one attached hydrogen (secondary N) is 1. The lowest BCUT2D eigenvalue weighted by Gasteiger charge is -2.30. The molecule has 2 heterocycles. The van der Waals surface area contributed by atoms with Crippen LogP contribution in [0.4, 0.5) is 5.69 Å². The Labute approximate surface area is 121 Å². The Kier molecular flexibility index (Phi) is 5.06. The maximum absolute atomic E-state index is 12.0. The maximum Gasteiger partial charge on any atom is 0.267 e. The van der Waals surface area contributed by atoms with Crippen LogP contribution >= 0.6 is 0 Å². The zero-order chi connectivity index (χ0) is 14.5. The fourth-order valence-electron chi connectivity index (χ4n) is 2.70. The van der Waals surface area contributed by atoms with E-state index >= 15 is 0 Å². The lowest BCUT2D eigenvalue weighted by Crippen LogP contribution is -2.35. The van der Waals surface area contributed by atoms with Gasteiger partial charge in [0.15, 0.2) is 0 Å². The van der Waals surface area contributed by atoms with Crippen molar-refractivity contribution in [1.29, 1.82) is 0 Å². The monoisotopic (exact) mass is 278 g/mol. The van der Waals surface area contributed by atoms with Crippen LogP contribution in [-0.2, 0) is 7.05 Å². The van der Waals surface area contributed by atoms with Gasteiger partial charge in [-0.15, -0.1) is 0 Å². The molecule has 1 aromatic rings. The SMILES string of the molecule is CC1CCN(CCCNC(=O)c2cc(N)cn2C)CC1. The molecule has 2 rings (SSSR count). The summed E-state index contributed by atoms with van der Waals surface area (Å²) in [6, 6.07) is 1.71. The second-order valence-corrected chi connectivity index (χ2v) is 5.90. The van der Waals surface area contributed by atoms with Crippen LogP contribution in [0.5, 0.6) is 0 Å². The number of carbonyl (C=O) groups is 1. The number of piperidine rings is 1. The molecule has 0 atom stereocenters. The Morgan fingerprint density at radius 1 is 1.45 bits per heavy atom. The van der Waals surface area contributed by atoms with Gasteiger partial charge in [0.05, 0.1) is 5.69 Å². The molecule has 112 valence electrons. The Morgan fingerprint density at radius 2 is 2.15 bits per heavy atom. The van der Waals surface area contributed by atoms with E-state index in [1.54, 1.807) is 16.8 Å². The molecule has 1 aliphatic heterocycles. The first-order valence-corrected chi connectivity index (χ1v) is 7.48. The number of amides is 1. The minimum Gasteiger partial charge on any atom is -0.397 e. The van der Waals surface area contributed by atoms with Gasteiger partial charge in [-0.2, -0.15) is 0 Å². The van der Waals surface area contributed by atoms with Crippen molar-refractivity contribution in [3.63, 3.8) is 0 Å². The summed E-state index contributed by atoms with van der Waals surface area (Å²) in [4.78, 5) is 14.5. The average molecular weight is 278 g/mol. The lowest BCUT2D eigenvalue weighted by molar-refractivity contribution is 0.0942. The number of aryl methyl sites for hydroxylation is 1. The third-order valence-electron chi connectivity index (χ3n) is 4.07. The summed E-state index contributed by atoms with van der Waals surface area (Å²) in [5, 5.41) is 2.96. The molecule has 0 saturated carbocycles. The highest BCUT2D eigenvalue weighted by molar-refractivity contribution is 5.93. The highest BCUT2D eigenvalue weighted by Crippen LogP contribution is 2.15. The highest BCUT2D eigenvalue weighted by atomic mass is 16.1. The van der Waals surface area contributed by atoms with Gasteiger partial charge < -0.3 is 20.5 Å². The number of carbonyl (C=O) groups excluding carboxylic acids is 1. The minimum atomic E-state index is -0.0449. The number of hydrogen-bond acceptors (Lipinski definition) is 3. The standard InChI is InChI=1S/C15H26N4O/c1-12-4-8-19(9-5-12)7-3-6-17-15(20)14-10-13(16)11-18(14)2/h10-12H,3-9,16H2,1-2H3,(H,17,20). The van der Waals surface area contributed by atoms with Crippen molar-refractivity contribution < 1.29 is 4.79 Å². The smallest absolute Gasteiger partial charge is 0.267 e. The second-order valence-electron chi connectivity index (χ2n) is 5.90. The molecule has 3 N–H and O–H groups in total. The second kappa shape index (κ2) is 6.79.